The van der Waals surface area contributed by atoms with Crippen LogP contribution in [0.25, 0.3) is 10.6 Å². The van der Waals surface area contributed by atoms with Crippen LogP contribution in [0.2, 0.25) is 0 Å². The molecule has 0 N–H and O–H groups in total. The summed E-state index contributed by atoms with van der Waals surface area (Å²) in [7, 11) is 0. The standard InChI is InChI=1S/2C35H53N2.2Cu.S2/c2*1-22(2)26-17-15-18-27(23(3)4)32(26)36-30(34(9,10)11)21-31(35(12,13)14)37-33-28(24(5)6)19-16-20-29(33)25(7)8;;;1-2/h2*15-25H,1-14H3;;;/q2*-1;2*+2;-2/b2*30-21-,37-31?;;;. The van der Waals surface area contributed by atoms with E-state index in [0.717, 1.165) is 45.6 Å². The number of hydrogen-bond donors (Lipinski definition) is 0. The van der Waals surface area contributed by atoms with E-state index < -0.39 is 0 Å². The smallest absolute Gasteiger partial charge is 1.00 e. The summed E-state index contributed by atoms with van der Waals surface area (Å²) in [5.74, 6) is 3.23. The van der Waals surface area contributed by atoms with Crippen LogP contribution in [0.15, 0.2) is 106 Å². The Morgan fingerprint density at radius 1 is 0.333 bits per heavy atom. The molecule has 0 fully saturated rings. The molecule has 4 aromatic carbocycles. The molecule has 2 radical (unpaired) electrons. The van der Waals surface area contributed by atoms with Crippen molar-refractivity contribution in [2.45, 2.75) is 241 Å². The van der Waals surface area contributed by atoms with Crippen LogP contribution in [-0.2, 0) is 57.5 Å². The molecule has 4 rings (SSSR count). The summed E-state index contributed by atoms with van der Waals surface area (Å²) in [6.07, 6.45) is 4.56. The molecule has 0 spiro atoms. The number of aliphatic imine (C=N–C) groups is 2. The zero-order valence-electron chi connectivity index (χ0n) is 53.9. The molecule has 78 heavy (non-hydrogen) atoms. The maximum absolute atomic E-state index is 5.46. The van der Waals surface area contributed by atoms with Crippen molar-refractivity contribution >= 4 is 57.5 Å². The third-order valence-corrected chi connectivity index (χ3v) is 13.9. The number of allylic oxidation sites excluding steroid dienone is 4. The number of benzene rings is 4. The first-order valence-electron chi connectivity index (χ1n) is 28.6. The Balaban J connectivity index is 0.00000144. The summed E-state index contributed by atoms with van der Waals surface area (Å²) in [6, 6.07) is 26.6. The molecule has 0 bridgehead atoms. The molecule has 0 amide bonds. The molecule has 0 saturated heterocycles. The second-order valence-electron chi connectivity index (χ2n) is 27.7. The van der Waals surface area contributed by atoms with Crippen LogP contribution in [0.3, 0.4) is 0 Å². The minimum absolute atomic E-state index is 0. The average molecular weight is 1190 g/mol. The predicted octanol–water partition coefficient (Wildman–Crippen LogP) is 23.9. The molecule has 0 aliphatic heterocycles. The molecule has 440 valence electrons. The van der Waals surface area contributed by atoms with E-state index in [1.165, 1.54) is 44.5 Å². The van der Waals surface area contributed by atoms with Crippen LogP contribution in [0.1, 0.15) is 286 Å². The second kappa shape index (κ2) is 32.0. The maximum atomic E-state index is 5.46. The summed E-state index contributed by atoms with van der Waals surface area (Å²) < 4.78 is 0. The molecule has 0 aliphatic rings. The van der Waals surface area contributed by atoms with E-state index in [1.807, 2.05) is 0 Å². The van der Waals surface area contributed by atoms with Gasteiger partial charge in [-0.15, -0.1) is 11.4 Å². The molecule has 0 aliphatic carbocycles. The normalized spacial score (nSPS) is 13.3. The van der Waals surface area contributed by atoms with Gasteiger partial charge in [-0.1, -0.05) is 301 Å². The van der Waals surface area contributed by atoms with Crippen molar-refractivity contribution < 1.29 is 34.1 Å². The average Bonchev–Trinajstić information content (AvgIpc) is 3.29. The van der Waals surface area contributed by atoms with Crippen molar-refractivity contribution in [2.24, 2.45) is 31.6 Å². The van der Waals surface area contributed by atoms with E-state index in [9.17, 15) is 0 Å². The van der Waals surface area contributed by atoms with E-state index in [1.54, 1.807) is 0 Å². The van der Waals surface area contributed by atoms with Crippen LogP contribution in [-0.4, -0.2) is 11.4 Å². The fourth-order valence-corrected chi connectivity index (χ4v) is 8.97. The molecule has 8 heteroatoms. The van der Waals surface area contributed by atoms with Crippen molar-refractivity contribution in [3.8, 4) is 0 Å². The summed E-state index contributed by atoms with van der Waals surface area (Å²) in [5.41, 5.74) is 18.7. The van der Waals surface area contributed by atoms with E-state index in [4.69, 9.17) is 20.6 Å². The van der Waals surface area contributed by atoms with Gasteiger partial charge in [-0.05, 0) is 80.4 Å². The monoisotopic (exact) mass is 1190 g/mol. The van der Waals surface area contributed by atoms with Gasteiger partial charge in [-0.3, -0.25) is 9.98 Å². The summed E-state index contributed by atoms with van der Waals surface area (Å²) in [5, 5.41) is 10.9. The zero-order valence-corrected chi connectivity index (χ0v) is 57.4. The predicted molar refractivity (Wildman–Crippen MR) is 347 cm³/mol. The van der Waals surface area contributed by atoms with E-state index in [-0.39, 0.29) is 55.8 Å². The van der Waals surface area contributed by atoms with Gasteiger partial charge in [0.2, 0.25) is 0 Å². The molecular weight excluding hydrogens is 1090 g/mol. The van der Waals surface area contributed by atoms with Crippen LogP contribution >= 0.6 is 0 Å². The van der Waals surface area contributed by atoms with Crippen LogP contribution in [0, 0.1) is 21.7 Å². The van der Waals surface area contributed by atoms with E-state index >= 15 is 0 Å². The third-order valence-electron chi connectivity index (χ3n) is 13.9. The Bertz CT molecular complexity index is 2330. The Morgan fingerprint density at radius 3 is 0.667 bits per heavy atom. The fourth-order valence-electron chi connectivity index (χ4n) is 8.97. The van der Waals surface area contributed by atoms with Crippen molar-refractivity contribution in [1.82, 2.24) is 0 Å². The second-order valence-corrected chi connectivity index (χ2v) is 27.7. The topological polar surface area (TPSA) is 52.9 Å². The van der Waals surface area contributed by atoms with E-state index in [2.05, 4.69) is 302 Å². The van der Waals surface area contributed by atoms with E-state index in [0.29, 0.717) is 47.3 Å². The number of rotatable bonds is 16. The summed E-state index contributed by atoms with van der Waals surface area (Å²) >= 11 is 7.33. The van der Waals surface area contributed by atoms with Crippen molar-refractivity contribution in [3.05, 3.63) is 151 Å². The quantitative estimate of drug-likeness (QED) is 0.0486. The SMILES string of the molecule is CC(C)c1cccc(C(C)C)c1N=C(/C=C(\[N-]c1c(C(C)C)cccc1C(C)C)C(C)(C)C)C(C)(C)C.CC(C)c1cccc(C(C)C)c1N=C(/C=C(\[N-]c1c(C(C)C)cccc1C(C)C)C(C)(C)C)C(C)(C)C.[Cu+2].[Cu+2].[S-][S-]. The Morgan fingerprint density at radius 2 is 0.513 bits per heavy atom. The van der Waals surface area contributed by atoms with Gasteiger partial charge in [-0.2, -0.15) is 11.4 Å². The minimum atomic E-state index is -0.136. The van der Waals surface area contributed by atoms with Gasteiger partial charge in [0.15, 0.2) is 0 Å². The van der Waals surface area contributed by atoms with Gasteiger partial charge in [0.05, 0.1) is 11.4 Å². The number of nitrogens with zero attached hydrogens (tertiary/aromatic N) is 4. The maximum Gasteiger partial charge on any atom is 2.00 e. The van der Waals surface area contributed by atoms with Crippen molar-refractivity contribution in [1.29, 1.82) is 0 Å². The summed E-state index contributed by atoms with van der Waals surface area (Å²) in [6.45, 7) is 63.3. The van der Waals surface area contributed by atoms with Gasteiger partial charge in [0.25, 0.3) is 0 Å². The Kier molecular flexibility index (Phi) is 30.8. The van der Waals surface area contributed by atoms with Gasteiger partial charge in [0.1, 0.15) is 0 Å². The number of para-hydroxylation sites is 4. The largest absolute Gasteiger partial charge is 2.00 e. The molecular formula is C70H106Cu2N4S2. The van der Waals surface area contributed by atoms with Gasteiger partial charge < -0.3 is 34.0 Å². The molecule has 4 nitrogen and oxygen atoms in total. The van der Waals surface area contributed by atoms with Gasteiger partial charge >= 0.3 is 34.1 Å². The molecule has 0 saturated carbocycles. The molecule has 0 atom stereocenters. The van der Waals surface area contributed by atoms with Gasteiger partial charge in [0, 0.05) is 22.3 Å². The van der Waals surface area contributed by atoms with Crippen molar-refractivity contribution in [3.63, 3.8) is 0 Å². The number of hydrogen-bond acceptors (Lipinski definition) is 4. The fraction of sp³-hybridized carbons (Fsp3) is 0.571. The first-order chi connectivity index (χ1) is 34.9. The minimum Gasteiger partial charge on any atom is -1.00 e. The first kappa shape index (κ1) is 75.0. The molecule has 0 aromatic heterocycles. The van der Waals surface area contributed by atoms with Crippen LogP contribution < -0.4 is 0 Å². The zero-order chi connectivity index (χ0) is 58.6. The molecule has 4 aromatic rings. The molecule has 0 unspecified atom stereocenters. The molecule has 0 heterocycles. The Labute approximate surface area is 512 Å². The summed E-state index contributed by atoms with van der Waals surface area (Å²) in [4.78, 5) is 10.9. The van der Waals surface area contributed by atoms with Crippen molar-refractivity contribution in [2.75, 3.05) is 0 Å². The Hall–Kier alpha value is -2.96. The van der Waals surface area contributed by atoms with Crippen LogP contribution in [0.4, 0.5) is 22.7 Å². The van der Waals surface area contributed by atoms with Gasteiger partial charge in [-0.25, -0.2) is 0 Å². The third kappa shape index (κ3) is 21.4. The van der Waals surface area contributed by atoms with Crippen LogP contribution in [0.5, 0.6) is 0 Å². The first-order valence-corrected chi connectivity index (χ1v) is 30.0.